The number of pyridine rings is 1. The molecular weight excluding hydrogens is 430 g/mol. The molecule has 0 bridgehead atoms. The normalized spacial score (nSPS) is 10.7. The van der Waals surface area contributed by atoms with E-state index in [1.54, 1.807) is 36.5 Å². The van der Waals surface area contributed by atoms with Gasteiger partial charge < -0.3 is 15.7 Å². The summed E-state index contributed by atoms with van der Waals surface area (Å²) in [6.07, 6.45) is 1.68. The van der Waals surface area contributed by atoms with Crippen molar-refractivity contribution in [2.24, 2.45) is 0 Å². The average molecular weight is 456 g/mol. The SMILES string of the molecule is CCn1nc(-c2cccc(-c3cccc(O)c3)c2)cc(NC(=O)Nc2cc(C)ncc2C)c1=O. The first-order valence-electron chi connectivity index (χ1n) is 10.9. The highest BCUT2D eigenvalue weighted by atomic mass is 16.3. The van der Waals surface area contributed by atoms with E-state index in [2.05, 4.69) is 20.7 Å². The van der Waals surface area contributed by atoms with Gasteiger partial charge in [0, 0.05) is 29.7 Å². The quantitative estimate of drug-likeness (QED) is 0.394. The van der Waals surface area contributed by atoms with E-state index in [9.17, 15) is 14.7 Å². The molecule has 8 heteroatoms. The van der Waals surface area contributed by atoms with E-state index in [1.165, 1.54) is 4.68 Å². The van der Waals surface area contributed by atoms with E-state index in [-0.39, 0.29) is 11.4 Å². The van der Waals surface area contributed by atoms with Gasteiger partial charge >= 0.3 is 6.03 Å². The van der Waals surface area contributed by atoms with Crippen LogP contribution in [-0.4, -0.2) is 25.9 Å². The molecule has 2 amide bonds. The standard InChI is InChI=1S/C26H25N5O3/c1-4-31-25(33)24(29-26(34)28-22-11-17(3)27-15-16(22)2)14-23(30-31)20-9-5-7-18(12-20)19-8-6-10-21(32)13-19/h5-15,32H,4H2,1-3H3,(H2,27,28,29,34). The molecule has 0 unspecified atom stereocenters. The lowest BCUT2D eigenvalue weighted by Crippen LogP contribution is -2.29. The van der Waals surface area contributed by atoms with E-state index in [1.807, 2.05) is 51.1 Å². The number of benzene rings is 2. The van der Waals surface area contributed by atoms with Gasteiger partial charge in [-0.05, 0) is 67.8 Å². The van der Waals surface area contributed by atoms with E-state index in [0.717, 1.165) is 27.9 Å². The molecule has 4 rings (SSSR count). The molecular formula is C26H25N5O3. The number of rotatable bonds is 5. The van der Waals surface area contributed by atoms with Crippen molar-refractivity contribution >= 4 is 17.4 Å². The van der Waals surface area contributed by atoms with Gasteiger partial charge in [-0.25, -0.2) is 9.48 Å². The van der Waals surface area contributed by atoms with Crippen molar-refractivity contribution in [3.63, 3.8) is 0 Å². The second kappa shape index (κ2) is 9.58. The maximum atomic E-state index is 12.8. The third-order valence-corrected chi connectivity index (χ3v) is 5.35. The van der Waals surface area contributed by atoms with Crippen molar-refractivity contribution < 1.29 is 9.90 Å². The number of aromatic hydroxyl groups is 1. The topological polar surface area (TPSA) is 109 Å². The van der Waals surface area contributed by atoms with Crippen LogP contribution in [0.2, 0.25) is 0 Å². The summed E-state index contributed by atoms with van der Waals surface area (Å²) in [7, 11) is 0. The number of anilines is 2. The summed E-state index contributed by atoms with van der Waals surface area (Å²) in [5.41, 5.74) is 4.98. The molecule has 0 radical (unpaired) electrons. The molecule has 0 atom stereocenters. The molecule has 2 aromatic heterocycles. The van der Waals surface area contributed by atoms with Crippen LogP contribution in [0.5, 0.6) is 5.75 Å². The number of nitrogens with zero attached hydrogens (tertiary/aromatic N) is 3. The van der Waals surface area contributed by atoms with E-state index in [4.69, 9.17) is 0 Å². The maximum Gasteiger partial charge on any atom is 0.323 e. The van der Waals surface area contributed by atoms with Gasteiger partial charge in [0.15, 0.2) is 0 Å². The zero-order chi connectivity index (χ0) is 24.2. The largest absolute Gasteiger partial charge is 0.508 e. The van der Waals surface area contributed by atoms with E-state index >= 15 is 0 Å². The van der Waals surface area contributed by atoms with Gasteiger partial charge in [0.2, 0.25) is 0 Å². The van der Waals surface area contributed by atoms with Gasteiger partial charge in [0.25, 0.3) is 5.56 Å². The van der Waals surface area contributed by atoms with Crippen molar-refractivity contribution in [3.8, 4) is 28.1 Å². The Morgan fingerprint density at radius 3 is 2.35 bits per heavy atom. The van der Waals surface area contributed by atoms with Crippen LogP contribution < -0.4 is 16.2 Å². The second-order valence-corrected chi connectivity index (χ2v) is 7.92. The number of hydrogen-bond donors (Lipinski definition) is 3. The fourth-order valence-corrected chi connectivity index (χ4v) is 3.57. The minimum absolute atomic E-state index is 0.121. The third kappa shape index (κ3) is 4.96. The first-order valence-corrected chi connectivity index (χ1v) is 10.9. The predicted octanol–water partition coefficient (Wildman–Crippen LogP) is 4.96. The number of hydrogen-bond acceptors (Lipinski definition) is 5. The Labute approximate surface area is 196 Å². The van der Waals surface area contributed by atoms with Crippen LogP contribution in [0.3, 0.4) is 0 Å². The number of urea groups is 1. The van der Waals surface area contributed by atoms with Crippen molar-refractivity contribution in [3.05, 3.63) is 88.5 Å². The molecule has 4 aromatic rings. The zero-order valence-electron chi connectivity index (χ0n) is 19.2. The number of carbonyl (C=O) groups excluding carboxylic acids is 1. The van der Waals surface area contributed by atoms with Crippen LogP contribution >= 0.6 is 0 Å². The summed E-state index contributed by atoms with van der Waals surface area (Å²) >= 11 is 0. The molecule has 0 aliphatic heterocycles. The summed E-state index contributed by atoms with van der Waals surface area (Å²) in [6.45, 7) is 5.84. The highest BCUT2D eigenvalue weighted by Crippen LogP contribution is 2.28. The van der Waals surface area contributed by atoms with Crippen LogP contribution in [0.15, 0.2) is 71.7 Å². The van der Waals surface area contributed by atoms with Crippen molar-refractivity contribution in [2.45, 2.75) is 27.3 Å². The molecule has 0 saturated heterocycles. The summed E-state index contributed by atoms with van der Waals surface area (Å²) in [6, 6.07) is 17.4. The monoisotopic (exact) mass is 455 g/mol. The van der Waals surface area contributed by atoms with Crippen molar-refractivity contribution in [1.82, 2.24) is 14.8 Å². The summed E-state index contributed by atoms with van der Waals surface area (Å²) in [5, 5.41) is 19.7. The Bertz CT molecular complexity index is 1430. The first kappa shape index (κ1) is 22.7. The summed E-state index contributed by atoms with van der Waals surface area (Å²) in [4.78, 5) is 29.7. The smallest absolute Gasteiger partial charge is 0.323 e. The van der Waals surface area contributed by atoms with Gasteiger partial charge in [0.05, 0.1) is 5.69 Å². The number of aryl methyl sites for hydroxylation is 3. The highest BCUT2D eigenvalue weighted by molar-refractivity contribution is 6.00. The number of phenols is 1. The third-order valence-electron chi connectivity index (χ3n) is 5.35. The first-order chi connectivity index (χ1) is 16.3. The molecule has 0 saturated carbocycles. The highest BCUT2D eigenvalue weighted by Gasteiger charge is 2.14. The minimum Gasteiger partial charge on any atom is -0.508 e. The van der Waals surface area contributed by atoms with Gasteiger partial charge in [-0.1, -0.05) is 30.3 Å². The van der Waals surface area contributed by atoms with Gasteiger partial charge in [-0.15, -0.1) is 0 Å². The Morgan fingerprint density at radius 1 is 0.941 bits per heavy atom. The van der Waals surface area contributed by atoms with Crippen molar-refractivity contribution in [1.29, 1.82) is 0 Å². The van der Waals surface area contributed by atoms with Crippen LogP contribution in [0.1, 0.15) is 18.2 Å². The summed E-state index contributed by atoms with van der Waals surface area (Å²) in [5.74, 6) is 0.178. The van der Waals surface area contributed by atoms with E-state index in [0.29, 0.717) is 17.9 Å². The number of amides is 2. The molecule has 8 nitrogen and oxygen atoms in total. The fraction of sp³-hybridized carbons (Fsp3) is 0.154. The zero-order valence-corrected chi connectivity index (χ0v) is 19.2. The van der Waals surface area contributed by atoms with Crippen molar-refractivity contribution in [2.75, 3.05) is 10.6 Å². The number of phenolic OH excluding ortho intramolecular Hbond substituents is 1. The lowest BCUT2D eigenvalue weighted by Gasteiger charge is -2.13. The van der Waals surface area contributed by atoms with Crippen LogP contribution in [0, 0.1) is 13.8 Å². The molecule has 34 heavy (non-hydrogen) atoms. The Balaban J connectivity index is 1.67. The second-order valence-electron chi connectivity index (χ2n) is 7.92. The molecule has 0 aliphatic rings. The maximum absolute atomic E-state index is 12.8. The molecule has 3 N–H and O–H groups in total. The molecule has 172 valence electrons. The number of aromatic nitrogens is 3. The number of carbonyl (C=O) groups is 1. The Hall–Kier alpha value is -4.46. The van der Waals surface area contributed by atoms with Crippen LogP contribution in [-0.2, 0) is 6.54 Å². The molecule has 0 aliphatic carbocycles. The lowest BCUT2D eigenvalue weighted by molar-refractivity contribution is 0.262. The fourth-order valence-electron chi connectivity index (χ4n) is 3.57. The molecule has 0 fully saturated rings. The number of nitrogens with one attached hydrogen (secondary N) is 2. The minimum atomic E-state index is -0.529. The summed E-state index contributed by atoms with van der Waals surface area (Å²) < 4.78 is 1.31. The Kier molecular flexibility index (Phi) is 6.40. The average Bonchev–Trinajstić information content (AvgIpc) is 2.83. The Morgan fingerprint density at radius 2 is 1.62 bits per heavy atom. The molecule has 2 heterocycles. The van der Waals surface area contributed by atoms with Gasteiger partial charge in [-0.3, -0.25) is 9.78 Å². The molecule has 0 spiro atoms. The van der Waals surface area contributed by atoms with Gasteiger partial charge in [-0.2, -0.15) is 5.10 Å². The van der Waals surface area contributed by atoms with Crippen LogP contribution in [0.4, 0.5) is 16.2 Å². The van der Waals surface area contributed by atoms with Gasteiger partial charge in [0.1, 0.15) is 11.4 Å². The van der Waals surface area contributed by atoms with E-state index < -0.39 is 11.6 Å². The van der Waals surface area contributed by atoms with Crippen LogP contribution in [0.25, 0.3) is 22.4 Å². The molecule has 2 aromatic carbocycles. The lowest BCUT2D eigenvalue weighted by atomic mass is 10.0. The predicted molar refractivity (Wildman–Crippen MR) is 133 cm³/mol.